The van der Waals surface area contributed by atoms with Crippen LogP contribution in [0.25, 0.3) is 0 Å². The van der Waals surface area contributed by atoms with Gasteiger partial charge in [-0.1, -0.05) is 19.0 Å². The van der Waals surface area contributed by atoms with Crippen molar-refractivity contribution in [2.24, 2.45) is 0 Å². The molecule has 5 heteroatoms. The fourth-order valence-electron chi connectivity index (χ4n) is 1.19. The van der Waals surface area contributed by atoms with Crippen LogP contribution in [0.4, 0.5) is 0 Å². The van der Waals surface area contributed by atoms with Crippen molar-refractivity contribution in [3.63, 3.8) is 0 Å². The molecular weight excluding hydrogens is 196 g/mol. The van der Waals surface area contributed by atoms with Crippen molar-refractivity contribution >= 4 is 0 Å². The maximum absolute atomic E-state index is 9.45. The van der Waals surface area contributed by atoms with Gasteiger partial charge in [0, 0.05) is 13.0 Å². The fourth-order valence-corrected chi connectivity index (χ4v) is 1.19. The average molecular weight is 214 g/mol. The first-order valence-corrected chi connectivity index (χ1v) is 5.16. The van der Waals surface area contributed by atoms with Crippen molar-refractivity contribution in [2.45, 2.75) is 38.7 Å². The van der Waals surface area contributed by atoms with E-state index in [-0.39, 0.29) is 6.61 Å². The predicted octanol–water partition coefficient (Wildman–Crippen LogP) is 1.13. The van der Waals surface area contributed by atoms with Crippen LogP contribution in [0.5, 0.6) is 0 Å². The SMILES string of the molecule is CCC(C)c1noc(CC(O)COC)n1. The molecule has 0 aliphatic rings. The monoisotopic (exact) mass is 214 g/mol. The number of hydrogen-bond donors (Lipinski definition) is 1. The van der Waals surface area contributed by atoms with Crippen molar-refractivity contribution < 1.29 is 14.4 Å². The summed E-state index contributed by atoms with van der Waals surface area (Å²) >= 11 is 0. The lowest BCUT2D eigenvalue weighted by molar-refractivity contribution is 0.0599. The molecule has 0 aliphatic carbocycles. The van der Waals surface area contributed by atoms with E-state index < -0.39 is 6.10 Å². The molecule has 86 valence electrons. The van der Waals surface area contributed by atoms with E-state index >= 15 is 0 Å². The van der Waals surface area contributed by atoms with Crippen LogP contribution in [-0.2, 0) is 11.2 Å². The molecule has 2 unspecified atom stereocenters. The number of nitrogens with zero attached hydrogens (tertiary/aromatic N) is 2. The molecule has 1 heterocycles. The largest absolute Gasteiger partial charge is 0.390 e. The molecule has 1 aromatic heterocycles. The van der Waals surface area contributed by atoms with Gasteiger partial charge in [0.05, 0.1) is 19.1 Å². The minimum Gasteiger partial charge on any atom is -0.390 e. The lowest BCUT2D eigenvalue weighted by Gasteiger charge is -2.04. The first-order valence-electron chi connectivity index (χ1n) is 5.16. The second-order valence-corrected chi connectivity index (χ2v) is 3.67. The Labute approximate surface area is 89.4 Å². The highest BCUT2D eigenvalue weighted by Crippen LogP contribution is 2.15. The van der Waals surface area contributed by atoms with Gasteiger partial charge in [-0.15, -0.1) is 0 Å². The van der Waals surface area contributed by atoms with E-state index in [1.165, 1.54) is 0 Å². The number of ether oxygens (including phenoxy) is 1. The van der Waals surface area contributed by atoms with E-state index in [9.17, 15) is 5.11 Å². The number of aliphatic hydroxyl groups excluding tert-OH is 1. The zero-order chi connectivity index (χ0) is 11.3. The zero-order valence-electron chi connectivity index (χ0n) is 9.43. The summed E-state index contributed by atoms with van der Waals surface area (Å²) in [7, 11) is 1.54. The van der Waals surface area contributed by atoms with Gasteiger partial charge in [0.1, 0.15) is 0 Å². The molecule has 2 atom stereocenters. The molecule has 1 aromatic rings. The third-order valence-electron chi connectivity index (χ3n) is 2.31. The number of hydrogen-bond acceptors (Lipinski definition) is 5. The van der Waals surface area contributed by atoms with E-state index in [1.807, 2.05) is 6.92 Å². The van der Waals surface area contributed by atoms with Gasteiger partial charge in [0.25, 0.3) is 0 Å². The third kappa shape index (κ3) is 3.60. The van der Waals surface area contributed by atoms with Gasteiger partial charge in [0.15, 0.2) is 5.82 Å². The van der Waals surface area contributed by atoms with Crippen LogP contribution < -0.4 is 0 Å². The van der Waals surface area contributed by atoms with Crippen molar-refractivity contribution in [3.8, 4) is 0 Å². The second-order valence-electron chi connectivity index (χ2n) is 3.67. The highest BCUT2D eigenvalue weighted by atomic mass is 16.5. The number of methoxy groups -OCH3 is 1. The standard InChI is InChI=1S/C10H18N2O3/c1-4-7(2)10-11-9(15-12-10)5-8(13)6-14-3/h7-8,13H,4-6H2,1-3H3. The Morgan fingerprint density at radius 2 is 2.27 bits per heavy atom. The normalized spacial score (nSPS) is 15.2. The molecule has 5 nitrogen and oxygen atoms in total. The molecule has 1 rings (SSSR count). The number of aliphatic hydroxyl groups is 1. The summed E-state index contributed by atoms with van der Waals surface area (Å²) in [5, 5.41) is 13.3. The quantitative estimate of drug-likeness (QED) is 0.768. The lowest BCUT2D eigenvalue weighted by atomic mass is 10.1. The molecule has 0 saturated heterocycles. The Bertz CT molecular complexity index is 288. The Kier molecular flexibility index (Phi) is 4.71. The van der Waals surface area contributed by atoms with Crippen LogP contribution in [0.2, 0.25) is 0 Å². The zero-order valence-corrected chi connectivity index (χ0v) is 9.43. The Morgan fingerprint density at radius 1 is 1.53 bits per heavy atom. The first kappa shape index (κ1) is 12.1. The Hall–Kier alpha value is -0.940. The van der Waals surface area contributed by atoms with Gasteiger partial charge >= 0.3 is 0 Å². The highest BCUT2D eigenvalue weighted by molar-refractivity contribution is 4.93. The fraction of sp³-hybridized carbons (Fsp3) is 0.800. The van der Waals surface area contributed by atoms with Crippen molar-refractivity contribution in [2.75, 3.05) is 13.7 Å². The van der Waals surface area contributed by atoms with E-state index in [2.05, 4.69) is 17.1 Å². The molecule has 0 amide bonds. The van der Waals surface area contributed by atoms with Crippen LogP contribution in [-0.4, -0.2) is 35.1 Å². The summed E-state index contributed by atoms with van der Waals surface area (Å²) in [4.78, 5) is 4.21. The molecule has 0 aliphatic heterocycles. The molecule has 15 heavy (non-hydrogen) atoms. The molecule has 0 aromatic carbocycles. The molecule has 0 bridgehead atoms. The number of aromatic nitrogens is 2. The molecule has 0 spiro atoms. The van der Waals surface area contributed by atoms with E-state index in [1.54, 1.807) is 7.11 Å². The summed E-state index contributed by atoms with van der Waals surface area (Å²) < 4.78 is 9.84. The maximum atomic E-state index is 9.45. The summed E-state index contributed by atoms with van der Waals surface area (Å²) in [6.45, 7) is 4.39. The van der Waals surface area contributed by atoms with Crippen LogP contribution in [0, 0.1) is 0 Å². The van der Waals surface area contributed by atoms with Crippen molar-refractivity contribution in [3.05, 3.63) is 11.7 Å². The van der Waals surface area contributed by atoms with Gasteiger partial charge in [-0.2, -0.15) is 4.98 Å². The summed E-state index contributed by atoms with van der Waals surface area (Å²) in [6.07, 6.45) is 0.733. The Morgan fingerprint density at radius 3 is 2.87 bits per heavy atom. The van der Waals surface area contributed by atoms with Gasteiger partial charge < -0.3 is 14.4 Å². The van der Waals surface area contributed by atoms with E-state index in [4.69, 9.17) is 9.26 Å². The third-order valence-corrected chi connectivity index (χ3v) is 2.31. The van der Waals surface area contributed by atoms with E-state index in [0.717, 1.165) is 6.42 Å². The molecule has 0 fully saturated rings. The topological polar surface area (TPSA) is 68.4 Å². The van der Waals surface area contributed by atoms with Gasteiger partial charge in [-0.25, -0.2) is 0 Å². The smallest absolute Gasteiger partial charge is 0.229 e. The molecule has 0 saturated carbocycles. The van der Waals surface area contributed by atoms with Crippen LogP contribution in [0.1, 0.15) is 37.9 Å². The van der Waals surface area contributed by atoms with Crippen molar-refractivity contribution in [1.29, 1.82) is 0 Å². The molecular formula is C10H18N2O3. The molecule has 0 radical (unpaired) electrons. The summed E-state index contributed by atoms with van der Waals surface area (Å²) in [5.74, 6) is 1.47. The van der Waals surface area contributed by atoms with Crippen LogP contribution >= 0.6 is 0 Å². The van der Waals surface area contributed by atoms with Crippen molar-refractivity contribution in [1.82, 2.24) is 10.1 Å². The average Bonchev–Trinajstić information content (AvgIpc) is 2.65. The second kappa shape index (κ2) is 5.82. The van der Waals surface area contributed by atoms with Gasteiger partial charge in [0.2, 0.25) is 5.89 Å². The van der Waals surface area contributed by atoms with Gasteiger partial charge in [-0.05, 0) is 6.42 Å². The van der Waals surface area contributed by atoms with Crippen LogP contribution in [0.15, 0.2) is 4.52 Å². The maximum Gasteiger partial charge on any atom is 0.229 e. The lowest BCUT2D eigenvalue weighted by Crippen LogP contribution is -2.17. The molecule has 1 N–H and O–H groups in total. The minimum atomic E-state index is -0.583. The summed E-state index contributed by atoms with van der Waals surface area (Å²) in [5.41, 5.74) is 0. The first-order chi connectivity index (χ1) is 7.17. The summed E-state index contributed by atoms with van der Waals surface area (Å²) in [6, 6.07) is 0. The van der Waals surface area contributed by atoms with Gasteiger partial charge in [-0.3, -0.25) is 0 Å². The van der Waals surface area contributed by atoms with Crippen LogP contribution in [0.3, 0.4) is 0 Å². The van der Waals surface area contributed by atoms with E-state index in [0.29, 0.717) is 24.1 Å². The highest BCUT2D eigenvalue weighted by Gasteiger charge is 2.14. The predicted molar refractivity (Wildman–Crippen MR) is 54.6 cm³/mol. The minimum absolute atomic E-state index is 0.279. The Balaban J connectivity index is 2.52. The number of rotatable bonds is 6.